The van der Waals surface area contributed by atoms with Gasteiger partial charge in [0.25, 0.3) is 5.91 Å². The number of hydrogen-bond acceptors (Lipinski definition) is 4. The molecule has 2 heterocycles. The van der Waals surface area contributed by atoms with Gasteiger partial charge < -0.3 is 5.32 Å². The lowest BCUT2D eigenvalue weighted by Gasteiger charge is -2.12. The first kappa shape index (κ1) is 18.4. The van der Waals surface area contributed by atoms with Crippen LogP contribution in [0.2, 0.25) is 0 Å². The predicted molar refractivity (Wildman–Crippen MR) is 114 cm³/mol. The number of thiazole rings is 1. The van der Waals surface area contributed by atoms with Gasteiger partial charge in [-0.25, -0.2) is 13.8 Å². The van der Waals surface area contributed by atoms with Crippen molar-refractivity contribution in [1.29, 1.82) is 0 Å². The third kappa shape index (κ3) is 3.34. The standard InChI is InChI=1S/C22H16F2N2OS2/c23-12-9-10-13(15(24)11-12)20(27)26-22-19(14-5-1-3-7-17(14)28-22)21-25-16-6-2-4-8-18(16)29-21/h2,4,6,8-11H,1,3,5,7H2,(H,26,27). The van der Waals surface area contributed by atoms with Crippen LogP contribution in [0.4, 0.5) is 13.8 Å². The minimum atomic E-state index is -0.870. The largest absolute Gasteiger partial charge is 0.313 e. The molecule has 4 aromatic rings. The number of carbonyl (C=O) groups excluding carboxylic acids is 1. The molecule has 0 saturated carbocycles. The lowest BCUT2D eigenvalue weighted by Crippen LogP contribution is -2.13. The van der Waals surface area contributed by atoms with Gasteiger partial charge in [-0.05, 0) is 55.5 Å². The maximum absolute atomic E-state index is 14.1. The summed E-state index contributed by atoms with van der Waals surface area (Å²) < 4.78 is 28.4. The highest BCUT2D eigenvalue weighted by atomic mass is 32.1. The Hall–Kier alpha value is -2.64. The topological polar surface area (TPSA) is 42.0 Å². The molecule has 7 heteroatoms. The fourth-order valence-corrected chi connectivity index (χ4v) is 6.10. The van der Waals surface area contributed by atoms with Crippen LogP contribution in [0.5, 0.6) is 0 Å². The van der Waals surface area contributed by atoms with Gasteiger partial charge in [-0.15, -0.1) is 22.7 Å². The first-order chi connectivity index (χ1) is 14.1. The van der Waals surface area contributed by atoms with Crippen LogP contribution >= 0.6 is 22.7 Å². The number of rotatable bonds is 3. The van der Waals surface area contributed by atoms with Crippen LogP contribution in [-0.2, 0) is 12.8 Å². The summed E-state index contributed by atoms with van der Waals surface area (Å²) >= 11 is 3.13. The van der Waals surface area contributed by atoms with Crippen LogP contribution in [0.3, 0.4) is 0 Å². The van der Waals surface area contributed by atoms with Crippen molar-refractivity contribution in [3.05, 3.63) is 70.1 Å². The zero-order valence-corrected chi connectivity index (χ0v) is 16.9. The number of aryl methyl sites for hydroxylation is 1. The van der Waals surface area contributed by atoms with Gasteiger partial charge in [0.1, 0.15) is 21.6 Å². The quantitative estimate of drug-likeness (QED) is 0.410. The number of nitrogens with zero attached hydrogens (tertiary/aromatic N) is 1. The normalized spacial score (nSPS) is 13.4. The molecule has 0 radical (unpaired) electrons. The van der Waals surface area contributed by atoms with Gasteiger partial charge in [0.15, 0.2) is 0 Å². The van der Waals surface area contributed by atoms with E-state index in [1.54, 1.807) is 11.3 Å². The fourth-order valence-electron chi connectivity index (χ4n) is 3.70. The third-order valence-electron chi connectivity index (χ3n) is 5.08. The summed E-state index contributed by atoms with van der Waals surface area (Å²) in [5.41, 5.74) is 2.93. The van der Waals surface area contributed by atoms with Crippen LogP contribution < -0.4 is 5.32 Å². The van der Waals surface area contributed by atoms with Crippen molar-refractivity contribution in [2.24, 2.45) is 0 Å². The smallest absolute Gasteiger partial charge is 0.259 e. The van der Waals surface area contributed by atoms with E-state index in [4.69, 9.17) is 4.98 Å². The fraction of sp³-hybridized carbons (Fsp3) is 0.182. The number of fused-ring (bicyclic) bond motifs is 2. The van der Waals surface area contributed by atoms with Crippen molar-refractivity contribution >= 4 is 43.8 Å². The van der Waals surface area contributed by atoms with Gasteiger partial charge in [0, 0.05) is 16.5 Å². The number of aromatic nitrogens is 1. The van der Waals surface area contributed by atoms with Crippen LogP contribution in [0.25, 0.3) is 20.8 Å². The molecule has 2 aromatic carbocycles. The molecule has 1 aliphatic carbocycles. The summed E-state index contributed by atoms with van der Waals surface area (Å²) in [6, 6.07) is 10.9. The second-order valence-electron chi connectivity index (χ2n) is 6.98. The van der Waals surface area contributed by atoms with Gasteiger partial charge in [-0.3, -0.25) is 4.79 Å². The van der Waals surface area contributed by atoms with E-state index in [0.717, 1.165) is 58.6 Å². The Bertz CT molecular complexity index is 1210. The Morgan fingerprint density at radius 3 is 2.69 bits per heavy atom. The van der Waals surface area contributed by atoms with E-state index < -0.39 is 17.5 Å². The highest BCUT2D eigenvalue weighted by Gasteiger charge is 2.26. The lowest BCUT2D eigenvalue weighted by molar-refractivity contribution is 0.102. The van der Waals surface area contributed by atoms with Gasteiger partial charge in [-0.2, -0.15) is 0 Å². The van der Waals surface area contributed by atoms with E-state index in [2.05, 4.69) is 5.32 Å². The second kappa shape index (κ2) is 7.31. The van der Waals surface area contributed by atoms with Crippen molar-refractivity contribution in [2.45, 2.75) is 25.7 Å². The van der Waals surface area contributed by atoms with E-state index >= 15 is 0 Å². The molecule has 0 bridgehead atoms. The molecule has 2 aromatic heterocycles. The maximum atomic E-state index is 14.1. The number of para-hydroxylation sites is 1. The van der Waals surface area contributed by atoms with Crippen molar-refractivity contribution in [3.8, 4) is 10.6 Å². The molecule has 0 saturated heterocycles. The first-order valence-electron chi connectivity index (χ1n) is 9.37. The zero-order chi connectivity index (χ0) is 20.0. The molecular weight excluding hydrogens is 410 g/mol. The average molecular weight is 427 g/mol. The Labute approximate surface area is 174 Å². The number of hydrogen-bond donors (Lipinski definition) is 1. The SMILES string of the molecule is O=C(Nc1sc2c(c1-c1nc3ccccc3s1)CCCC2)c1ccc(F)cc1F. The Kier molecular flexibility index (Phi) is 4.64. The highest BCUT2D eigenvalue weighted by Crippen LogP contribution is 2.46. The molecule has 5 rings (SSSR count). The van der Waals surface area contributed by atoms with Gasteiger partial charge in [0.05, 0.1) is 15.8 Å². The molecule has 1 amide bonds. The number of amides is 1. The zero-order valence-electron chi connectivity index (χ0n) is 15.3. The molecule has 0 fully saturated rings. The molecule has 0 atom stereocenters. The van der Waals surface area contributed by atoms with Crippen molar-refractivity contribution in [3.63, 3.8) is 0 Å². The van der Waals surface area contributed by atoms with Gasteiger partial charge in [-0.1, -0.05) is 12.1 Å². The molecule has 0 unspecified atom stereocenters. The van der Waals surface area contributed by atoms with Crippen molar-refractivity contribution in [2.75, 3.05) is 5.32 Å². The van der Waals surface area contributed by atoms with Crippen LogP contribution in [-0.4, -0.2) is 10.9 Å². The Morgan fingerprint density at radius 1 is 1.03 bits per heavy atom. The molecule has 29 heavy (non-hydrogen) atoms. The van der Waals surface area contributed by atoms with E-state index in [9.17, 15) is 13.6 Å². The predicted octanol–water partition coefficient (Wildman–Crippen LogP) is 6.43. The number of thiophene rings is 1. The van der Waals surface area contributed by atoms with Crippen molar-refractivity contribution in [1.82, 2.24) is 4.98 Å². The number of nitrogens with one attached hydrogen (secondary N) is 1. The maximum Gasteiger partial charge on any atom is 0.259 e. The lowest BCUT2D eigenvalue weighted by atomic mass is 9.95. The molecule has 0 spiro atoms. The van der Waals surface area contributed by atoms with Gasteiger partial charge in [0.2, 0.25) is 0 Å². The molecule has 0 aliphatic heterocycles. The van der Waals surface area contributed by atoms with Crippen LogP contribution in [0.1, 0.15) is 33.6 Å². The summed E-state index contributed by atoms with van der Waals surface area (Å²) in [6.45, 7) is 0. The second-order valence-corrected chi connectivity index (χ2v) is 9.12. The monoisotopic (exact) mass is 426 g/mol. The van der Waals surface area contributed by atoms with E-state index in [1.165, 1.54) is 27.8 Å². The first-order valence-corrected chi connectivity index (χ1v) is 11.0. The van der Waals surface area contributed by atoms with Crippen LogP contribution in [0.15, 0.2) is 42.5 Å². The summed E-state index contributed by atoms with van der Waals surface area (Å²) in [6.07, 6.45) is 4.13. The summed E-state index contributed by atoms with van der Waals surface area (Å²) in [4.78, 5) is 18.8. The average Bonchev–Trinajstić information content (AvgIpc) is 3.28. The Balaban J connectivity index is 1.59. The summed E-state index contributed by atoms with van der Waals surface area (Å²) in [5.74, 6) is -2.16. The highest BCUT2D eigenvalue weighted by molar-refractivity contribution is 7.23. The van der Waals surface area contributed by atoms with Gasteiger partial charge >= 0.3 is 0 Å². The van der Waals surface area contributed by atoms with E-state index in [-0.39, 0.29) is 5.56 Å². The summed E-state index contributed by atoms with van der Waals surface area (Å²) in [7, 11) is 0. The Morgan fingerprint density at radius 2 is 1.86 bits per heavy atom. The third-order valence-corrected chi connectivity index (χ3v) is 7.34. The molecule has 1 aliphatic rings. The van der Waals surface area contributed by atoms with Crippen LogP contribution in [0, 0.1) is 11.6 Å². The summed E-state index contributed by atoms with van der Waals surface area (Å²) in [5, 5.41) is 4.42. The minimum absolute atomic E-state index is 0.173. The van der Waals surface area contributed by atoms with Crippen molar-refractivity contribution < 1.29 is 13.6 Å². The number of carbonyl (C=O) groups is 1. The van der Waals surface area contributed by atoms with E-state index in [0.29, 0.717) is 5.00 Å². The minimum Gasteiger partial charge on any atom is -0.313 e. The molecular formula is C22H16F2N2OS2. The number of anilines is 1. The number of halogens is 2. The molecule has 146 valence electrons. The van der Waals surface area contributed by atoms with E-state index in [1.807, 2.05) is 24.3 Å². The molecule has 3 nitrogen and oxygen atoms in total. The molecule has 1 N–H and O–H groups in total. The number of benzene rings is 2.